The number of hydrogen-bond donors (Lipinski definition) is 2. The average molecular weight is 513 g/mol. The summed E-state index contributed by atoms with van der Waals surface area (Å²) in [6.07, 6.45) is -1.52. The minimum absolute atomic E-state index is 0.0358. The van der Waals surface area contributed by atoms with Crippen molar-refractivity contribution in [2.75, 3.05) is 13.1 Å². The Hall–Kier alpha value is -4.65. The predicted molar refractivity (Wildman–Crippen MR) is 124 cm³/mol. The van der Waals surface area contributed by atoms with Crippen LogP contribution < -0.4 is 11.1 Å². The van der Waals surface area contributed by atoms with Crippen LogP contribution in [0.1, 0.15) is 32.0 Å². The Morgan fingerprint density at radius 2 is 1.65 bits per heavy atom. The lowest BCUT2D eigenvalue weighted by atomic mass is 10.1. The highest BCUT2D eigenvalue weighted by atomic mass is 19.1. The average Bonchev–Trinajstić information content (AvgIpc) is 3.54. The molecule has 4 rings (SSSR count). The Kier molecular flexibility index (Phi) is 7.25. The number of carbonyl (C=O) groups excluding carboxylic acids is 3. The number of nitro groups is 1. The van der Waals surface area contributed by atoms with E-state index in [1.54, 1.807) is 18.2 Å². The first-order valence-corrected chi connectivity index (χ1v) is 11.1. The van der Waals surface area contributed by atoms with E-state index in [0.29, 0.717) is 11.6 Å². The summed E-state index contributed by atoms with van der Waals surface area (Å²) in [7, 11) is 0. The van der Waals surface area contributed by atoms with Gasteiger partial charge in [-0.2, -0.15) is 0 Å². The minimum atomic E-state index is -1.52. The van der Waals surface area contributed by atoms with Crippen molar-refractivity contribution < 1.29 is 32.5 Å². The summed E-state index contributed by atoms with van der Waals surface area (Å²) in [6, 6.07) is 11.4. The number of amides is 3. The van der Waals surface area contributed by atoms with Crippen LogP contribution in [0.3, 0.4) is 0 Å². The van der Waals surface area contributed by atoms with Gasteiger partial charge in [0.1, 0.15) is 16.6 Å². The van der Waals surface area contributed by atoms with Gasteiger partial charge in [0.25, 0.3) is 17.7 Å². The van der Waals surface area contributed by atoms with E-state index in [4.69, 9.17) is 10.2 Å². The van der Waals surface area contributed by atoms with E-state index in [-0.39, 0.29) is 31.7 Å². The molecule has 1 atom stereocenters. The number of hydrogen-bond acceptors (Lipinski definition) is 7. The summed E-state index contributed by atoms with van der Waals surface area (Å²) in [6.45, 7) is 0.0341. The second-order valence-electron chi connectivity index (χ2n) is 8.17. The van der Waals surface area contributed by atoms with Crippen molar-refractivity contribution in [2.24, 2.45) is 5.73 Å². The SMILES string of the molecule is NCc1cccc(CNC(=O)C2N(C(=O)c3cc(F)cc(F)c3)CCN2C(=O)c2ccc([N+](=O)[O-])o2)c1. The Morgan fingerprint density at radius 1 is 1.00 bits per heavy atom. The molecule has 2 heterocycles. The molecule has 2 aromatic carbocycles. The number of furan rings is 1. The van der Waals surface area contributed by atoms with Crippen LogP contribution in [0, 0.1) is 21.7 Å². The maximum Gasteiger partial charge on any atom is 0.433 e. The van der Waals surface area contributed by atoms with Crippen LogP contribution in [0.4, 0.5) is 14.7 Å². The summed E-state index contributed by atoms with van der Waals surface area (Å²) in [5.74, 6) is -5.57. The molecule has 1 aliphatic heterocycles. The fourth-order valence-electron chi connectivity index (χ4n) is 4.01. The first-order chi connectivity index (χ1) is 17.7. The monoisotopic (exact) mass is 513 g/mol. The first kappa shape index (κ1) is 25.4. The van der Waals surface area contributed by atoms with Gasteiger partial charge in [0.15, 0.2) is 11.9 Å². The zero-order valence-electron chi connectivity index (χ0n) is 19.2. The lowest BCUT2D eigenvalue weighted by Crippen LogP contribution is -2.53. The molecule has 11 nitrogen and oxygen atoms in total. The van der Waals surface area contributed by atoms with E-state index in [1.165, 1.54) is 0 Å². The van der Waals surface area contributed by atoms with Crippen molar-refractivity contribution in [1.82, 2.24) is 15.1 Å². The topological polar surface area (TPSA) is 152 Å². The van der Waals surface area contributed by atoms with Crippen molar-refractivity contribution in [2.45, 2.75) is 19.3 Å². The quantitative estimate of drug-likeness (QED) is 0.363. The van der Waals surface area contributed by atoms with Crippen molar-refractivity contribution >= 4 is 23.6 Å². The van der Waals surface area contributed by atoms with E-state index in [1.807, 2.05) is 6.07 Å². The van der Waals surface area contributed by atoms with Crippen molar-refractivity contribution in [3.8, 4) is 0 Å². The molecule has 3 aromatic rings. The number of rotatable bonds is 7. The maximum atomic E-state index is 13.8. The Labute approximate surface area is 208 Å². The number of carbonyl (C=O) groups is 3. The molecule has 0 radical (unpaired) electrons. The highest BCUT2D eigenvalue weighted by Crippen LogP contribution is 2.24. The molecular formula is C24H21F2N5O6. The van der Waals surface area contributed by atoms with Crippen molar-refractivity contribution in [3.05, 3.63) is 98.8 Å². The molecule has 0 spiro atoms. The van der Waals surface area contributed by atoms with Gasteiger partial charge in [-0.25, -0.2) is 8.78 Å². The van der Waals surface area contributed by atoms with Crippen LogP contribution in [0.5, 0.6) is 0 Å². The van der Waals surface area contributed by atoms with Gasteiger partial charge in [-0.3, -0.25) is 24.5 Å². The molecule has 3 amide bonds. The second kappa shape index (κ2) is 10.5. The van der Waals surface area contributed by atoms with Gasteiger partial charge in [-0.05, 0) is 29.3 Å². The zero-order valence-corrected chi connectivity index (χ0v) is 19.2. The molecule has 0 aliphatic carbocycles. The molecule has 1 aliphatic rings. The molecule has 37 heavy (non-hydrogen) atoms. The molecular weight excluding hydrogens is 492 g/mol. The fourth-order valence-corrected chi connectivity index (χ4v) is 4.01. The summed E-state index contributed by atoms with van der Waals surface area (Å²) in [5, 5.41) is 13.6. The molecule has 0 bridgehead atoms. The first-order valence-electron chi connectivity index (χ1n) is 11.1. The normalized spacial score (nSPS) is 15.1. The molecule has 1 saturated heterocycles. The van der Waals surface area contributed by atoms with Gasteiger partial charge in [-0.1, -0.05) is 24.3 Å². The lowest BCUT2D eigenvalue weighted by molar-refractivity contribution is -0.402. The van der Waals surface area contributed by atoms with Crippen LogP contribution in [0.25, 0.3) is 0 Å². The third-order valence-electron chi connectivity index (χ3n) is 5.71. The van der Waals surface area contributed by atoms with Crippen molar-refractivity contribution in [1.29, 1.82) is 0 Å². The van der Waals surface area contributed by atoms with Crippen LogP contribution in [0.2, 0.25) is 0 Å². The largest absolute Gasteiger partial charge is 0.433 e. The summed E-state index contributed by atoms with van der Waals surface area (Å²) >= 11 is 0. The number of nitrogens with two attached hydrogens (primary N) is 1. The van der Waals surface area contributed by atoms with Crippen molar-refractivity contribution in [3.63, 3.8) is 0 Å². The van der Waals surface area contributed by atoms with Gasteiger partial charge in [-0.15, -0.1) is 0 Å². The maximum absolute atomic E-state index is 13.8. The van der Waals surface area contributed by atoms with Gasteiger partial charge >= 0.3 is 5.88 Å². The van der Waals surface area contributed by atoms with E-state index in [0.717, 1.165) is 39.6 Å². The summed E-state index contributed by atoms with van der Waals surface area (Å²) in [5.41, 5.74) is 6.83. The predicted octanol–water partition coefficient (Wildman–Crippen LogP) is 2.17. The van der Waals surface area contributed by atoms with Gasteiger partial charge in [0.05, 0.1) is 6.07 Å². The molecule has 1 aromatic heterocycles. The molecule has 0 saturated carbocycles. The third kappa shape index (κ3) is 5.46. The Balaban J connectivity index is 1.62. The molecule has 1 unspecified atom stereocenters. The smallest absolute Gasteiger partial charge is 0.395 e. The third-order valence-corrected chi connectivity index (χ3v) is 5.71. The lowest BCUT2D eigenvalue weighted by Gasteiger charge is -2.28. The van der Waals surface area contributed by atoms with Crippen LogP contribution >= 0.6 is 0 Å². The summed E-state index contributed by atoms with van der Waals surface area (Å²) < 4.78 is 32.5. The number of nitrogens with zero attached hydrogens (tertiary/aromatic N) is 3. The summed E-state index contributed by atoms with van der Waals surface area (Å²) in [4.78, 5) is 51.7. The molecule has 192 valence electrons. The second-order valence-corrected chi connectivity index (χ2v) is 8.17. The van der Waals surface area contributed by atoms with Crippen LogP contribution in [-0.2, 0) is 17.9 Å². The standard InChI is InChI=1S/C24H21F2N5O6/c25-17-9-16(10-18(26)11-17)23(33)29-6-7-30(24(34)19-4-5-20(37-19)31(35)36)22(29)21(32)28-13-15-3-1-2-14(8-15)12-27/h1-5,8-11,22H,6-7,12-13,27H2,(H,28,32). The van der Waals surface area contributed by atoms with E-state index in [9.17, 15) is 33.3 Å². The van der Waals surface area contributed by atoms with Gasteiger partial charge in [0.2, 0.25) is 0 Å². The molecule has 13 heteroatoms. The van der Waals surface area contributed by atoms with Gasteiger partial charge < -0.3 is 25.3 Å². The number of benzene rings is 2. The van der Waals surface area contributed by atoms with Gasteiger partial charge in [0, 0.05) is 37.8 Å². The van der Waals surface area contributed by atoms with Crippen LogP contribution in [-0.4, -0.2) is 51.7 Å². The molecule has 3 N–H and O–H groups in total. The highest BCUT2D eigenvalue weighted by molar-refractivity contribution is 6.01. The van der Waals surface area contributed by atoms with E-state index < -0.39 is 52.1 Å². The molecule has 1 fully saturated rings. The van der Waals surface area contributed by atoms with E-state index in [2.05, 4.69) is 5.32 Å². The van der Waals surface area contributed by atoms with Crippen LogP contribution in [0.15, 0.2) is 59.0 Å². The zero-order chi connectivity index (χ0) is 26.7. The Bertz CT molecular complexity index is 1360. The number of nitrogens with one attached hydrogen (secondary N) is 1. The fraction of sp³-hybridized carbons (Fsp3) is 0.208. The minimum Gasteiger partial charge on any atom is -0.395 e. The number of halogens is 2. The Morgan fingerprint density at radius 3 is 2.27 bits per heavy atom. The highest BCUT2D eigenvalue weighted by Gasteiger charge is 2.44. The van der Waals surface area contributed by atoms with E-state index >= 15 is 0 Å².